The Morgan fingerprint density at radius 2 is 1.85 bits per heavy atom. The summed E-state index contributed by atoms with van der Waals surface area (Å²) in [7, 11) is 3.23. The van der Waals surface area contributed by atoms with Crippen molar-refractivity contribution in [3.05, 3.63) is 32.6 Å². The Bertz CT molecular complexity index is 913. The van der Waals surface area contributed by atoms with E-state index in [1.165, 1.54) is 41.5 Å². The van der Waals surface area contributed by atoms with E-state index in [0.29, 0.717) is 11.0 Å². The first-order valence-corrected chi connectivity index (χ1v) is 11.0. The number of nitrogens with zero attached hydrogens (tertiary/aromatic N) is 4. The van der Waals surface area contributed by atoms with Crippen LogP contribution in [0, 0.1) is 0 Å². The maximum Gasteiger partial charge on any atom is 0.332 e. The summed E-state index contributed by atoms with van der Waals surface area (Å²) in [6, 6.07) is 0. The Hall–Kier alpha value is -1.60. The van der Waals surface area contributed by atoms with Gasteiger partial charge in [0.05, 0.1) is 5.39 Å². The summed E-state index contributed by atoms with van der Waals surface area (Å²) in [5.41, 5.74) is 1.05. The zero-order valence-electron chi connectivity index (χ0n) is 16.7. The Labute approximate surface area is 164 Å². The Morgan fingerprint density at radius 1 is 1.11 bits per heavy atom. The third-order valence-electron chi connectivity index (χ3n) is 5.40. The van der Waals surface area contributed by atoms with Crippen LogP contribution in [0.5, 0.6) is 0 Å². The van der Waals surface area contributed by atoms with Crippen LogP contribution in [0.1, 0.15) is 44.6 Å². The van der Waals surface area contributed by atoms with Crippen LogP contribution in [-0.4, -0.2) is 44.4 Å². The number of hydrogen-bond acceptors (Lipinski definition) is 5. The molecule has 27 heavy (non-hydrogen) atoms. The van der Waals surface area contributed by atoms with Gasteiger partial charge in [0.25, 0.3) is 5.56 Å². The summed E-state index contributed by atoms with van der Waals surface area (Å²) in [6.07, 6.45) is 8.85. The van der Waals surface area contributed by atoms with E-state index in [0.717, 1.165) is 42.0 Å². The van der Waals surface area contributed by atoms with E-state index in [1.54, 1.807) is 25.9 Å². The average Bonchev–Trinajstić information content (AvgIpc) is 2.70. The molecule has 3 rings (SSSR count). The molecule has 0 radical (unpaired) electrons. The van der Waals surface area contributed by atoms with Crippen molar-refractivity contribution in [3.8, 4) is 0 Å². The standard InChI is InChI=1S/C20H30N4O2S/c1-4-5-9-15-14-21-18-16(19(25)23(3)20(26)22(18)2)17(15)27-13-12-24-10-7-6-8-11-24/h14H,4-13H2,1-3H3. The molecule has 0 aromatic carbocycles. The lowest BCUT2D eigenvalue weighted by molar-refractivity contribution is 0.242. The normalized spacial score (nSPS) is 15.5. The number of rotatable bonds is 7. The Morgan fingerprint density at radius 3 is 2.56 bits per heavy atom. The quantitative estimate of drug-likeness (QED) is 0.680. The maximum atomic E-state index is 12.9. The number of hydrogen-bond donors (Lipinski definition) is 0. The molecule has 2 aromatic heterocycles. The van der Waals surface area contributed by atoms with Gasteiger partial charge in [0, 0.05) is 37.5 Å². The first kappa shape index (κ1) is 20.1. The van der Waals surface area contributed by atoms with Crippen molar-refractivity contribution in [2.24, 2.45) is 14.1 Å². The predicted molar refractivity (Wildman–Crippen MR) is 112 cm³/mol. The van der Waals surface area contributed by atoms with Gasteiger partial charge >= 0.3 is 5.69 Å². The summed E-state index contributed by atoms with van der Waals surface area (Å²) >= 11 is 1.75. The number of piperidine rings is 1. The summed E-state index contributed by atoms with van der Waals surface area (Å²) in [4.78, 5) is 33.2. The molecular formula is C20H30N4O2S. The van der Waals surface area contributed by atoms with E-state index in [2.05, 4.69) is 16.8 Å². The molecule has 1 saturated heterocycles. The number of pyridine rings is 1. The largest absolute Gasteiger partial charge is 0.332 e. The highest BCUT2D eigenvalue weighted by Gasteiger charge is 2.18. The minimum Gasteiger partial charge on any atom is -0.303 e. The number of unbranched alkanes of at least 4 members (excludes halogenated alkanes) is 1. The molecule has 6 nitrogen and oxygen atoms in total. The van der Waals surface area contributed by atoms with E-state index in [9.17, 15) is 9.59 Å². The highest BCUT2D eigenvalue weighted by Crippen LogP contribution is 2.29. The molecule has 0 bridgehead atoms. The van der Waals surface area contributed by atoms with E-state index in [4.69, 9.17) is 0 Å². The lowest BCUT2D eigenvalue weighted by atomic mass is 10.1. The first-order valence-electron chi connectivity index (χ1n) is 9.97. The molecule has 2 aromatic rings. The minimum atomic E-state index is -0.328. The van der Waals surface area contributed by atoms with Crippen molar-refractivity contribution in [2.45, 2.75) is 50.3 Å². The Kier molecular flexibility index (Phi) is 6.76. The number of likely N-dealkylation sites (tertiary alicyclic amines) is 1. The van der Waals surface area contributed by atoms with Gasteiger partial charge in [-0.15, -0.1) is 11.8 Å². The highest BCUT2D eigenvalue weighted by molar-refractivity contribution is 7.99. The smallest absolute Gasteiger partial charge is 0.303 e. The molecule has 148 valence electrons. The van der Waals surface area contributed by atoms with Crippen molar-refractivity contribution in [3.63, 3.8) is 0 Å². The predicted octanol–water partition coefficient (Wildman–Crippen LogP) is 2.55. The van der Waals surface area contributed by atoms with Gasteiger partial charge in [0.2, 0.25) is 0 Å². The summed E-state index contributed by atoms with van der Waals surface area (Å²) < 4.78 is 2.68. The fourth-order valence-electron chi connectivity index (χ4n) is 3.71. The van der Waals surface area contributed by atoms with Crippen molar-refractivity contribution >= 4 is 22.8 Å². The van der Waals surface area contributed by atoms with Gasteiger partial charge in [0.15, 0.2) is 0 Å². The molecule has 3 heterocycles. The topological polar surface area (TPSA) is 60.1 Å². The highest BCUT2D eigenvalue weighted by atomic mass is 32.2. The van der Waals surface area contributed by atoms with Gasteiger partial charge in [-0.25, -0.2) is 9.78 Å². The van der Waals surface area contributed by atoms with Gasteiger partial charge in [-0.05, 0) is 44.3 Å². The van der Waals surface area contributed by atoms with Gasteiger partial charge in [-0.1, -0.05) is 19.8 Å². The first-order chi connectivity index (χ1) is 13.0. The van der Waals surface area contributed by atoms with Gasteiger partial charge in [0.1, 0.15) is 5.65 Å². The monoisotopic (exact) mass is 390 g/mol. The van der Waals surface area contributed by atoms with E-state index in [-0.39, 0.29) is 11.2 Å². The molecule has 1 fully saturated rings. The third kappa shape index (κ3) is 4.29. The van der Waals surface area contributed by atoms with Crippen LogP contribution < -0.4 is 11.2 Å². The van der Waals surface area contributed by atoms with Crippen molar-refractivity contribution in [2.75, 3.05) is 25.4 Å². The molecular weight excluding hydrogens is 360 g/mol. The van der Waals surface area contributed by atoms with E-state index < -0.39 is 0 Å². The maximum absolute atomic E-state index is 12.9. The molecule has 1 aliphatic heterocycles. The van der Waals surface area contributed by atoms with Crippen LogP contribution in [0.3, 0.4) is 0 Å². The molecule has 0 aliphatic carbocycles. The SMILES string of the molecule is CCCCc1cnc2c(c1SCCN1CCCCC1)c(=O)n(C)c(=O)n2C. The fourth-order valence-corrected chi connectivity index (χ4v) is 4.93. The summed E-state index contributed by atoms with van der Waals surface area (Å²) in [6.45, 7) is 5.56. The second-order valence-electron chi connectivity index (χ2n) is 7.37. The van der Waals surface area contributed by atoms with Crippen molar-refractivity contribution in [1.29, 1.82) is 0 Å². The minimum absolute atomic E-state index is 0.237. The molecule has 0 unspecified atom stereocenters. The van der Waals surface area contributed by atoms with Crippen LogP contribution in [0.2, 0.25) is 0 Å². The van der Waals surface area contributed by atoms with Gasteiger partial charge < -0.3 is 4.90 Å². The molecule has 0 spiro atoms. The van der Waals surface area contributed by atoms with E-state index >= 15 is 0 Å². The lowest BCUT2D eigenvalue weighted by Crippen LogP contribution is -2.37. The number of aryl methyl sites for hydroxylation is 2. The zero-order chi connectivity index (χ0) is 19.4. The van der Waals surface area contributed by atoms with Crippen LogP contribution in [-0.2, 0) is 20.5 Å². The number of thioether (sulfide) groups is 1. The second kappa shape index (κ2) is 9.06. The van der Waals surface area contributed by atoms with Crippen molar-refractivity contribution in [1.82, 2.24) is 19.0 Å². The number of fused-ring (bicyclic) bond motifs is 1. The molecule has 0 saturated carbocycles. The Balaban J connectivity index is 1.97. The van der Waals surface area contributed by atoms with Crippen LogP contribution in [0.4, 0.5) is 0 Å². The van der Waals surface area contributed by atoms with Crippen LogP contribution in [0.25, 0.3) is 11.0 Å². The molecule has 0 amide bonds. The lowest BCUT2D eigenvalue weighted by Gasteiger charge is -2.26. The van der Waals surface area contributed by atoms with Crippen LogP contribution in [0.15, 0.2) is 20.7 Å². The van der Waals surface area contributed by atoms with Gasteiger partial charge in [-0.3, -0.25) is 13.9 Å². The molecule has 0 atom stereocenters. The fraction of sp³-hybridized carbons (Fsp3) is 0.650. The third-order valence-corrected chi connectivity index (χ3v) is 6.54. The molecule has 1 aliphatic rings. The summed E-state index contributed by atoms with van der Waals surface area (Å²) in [5, 5.41) is 0.594. The van der Waals surface area contributed by atoms with E-state index in [1.807, 2.05) is 6.20 Å². The van der Waals surface area contributed by atoms with Crippen molar-refractivity contribution < 1.29 is 0 Å². The summed E-state index contributed by atoms with van der Waals surface area (Å²) in [5.74, 6) is 0.949. The van der Waals surface area contributed by atoms with Gasteiger partial charge in [-0.2, -0.15) is 0 Å². The number of aromatic nitrogens is 3. The van der Waals surface area contributed by atoms with Crippen LogP contribution >= 0.6 is 11.8 Å². The molecule has 7 heteroatoms. The second-order valence-corrected chi connectivity index (χ2v) is 8.48. The molecule has 0 N–H and O–H groups in total. The zero-order valence-corrected chi connectivity index (χ0v) is 17.5. The average molecular weight is 391 g/mol.